The minimum absolute atomic E-state index is 0.0844. The number of aromatic nitrogens is 1. The van der Waals surface area contributed by atoms with E-state index in [1.165, 1.54) is 11.6 Å². The van der Waals surface area contributed by atoms with Crippen LogP contribution in [0.3, 0.4) is 0 Å². The Bertz CT molecular complexity index is 631. The van der Waals surface area contributed by atoms with E-state index < -0.39 is 5.82 Å². The minimum atomic E-state index is -0.475. The molecule has 0 amide bonds. The molecule has 0 aliphatic heterocycles. The Labute approximate surface area is 123 Å². The number of benzene rings is 1. The number of nitrogens with zero attached hydrogens (tertiary/aromatic N) is 2. The summed E-state index contributed by atoms with van der Waals surface area (Å²) in [5.41, 5.74) is 2.16. The van der Waals surface area contributed by atoms with Crippen LogP contribution in [0.2, 0.25) is 0 Å². The Balaban J connectivity index is 1.94. The molecule has 0 spiro atoms. The Morgan fingerprint density at radius 1 is 1.33 bits per heavy atom. The molecule has 0 radical (unpaired) electrons. The zero-order chi connectivity index (χ0) is 15.1. The Kier molecular flexibility index (Phi) is 5.50. The van der Waals surface area contributed by atoms with Gasteiger partial charge in [-0.1, -0.05) is 6.07 Å². The molecule has 0 saturated carbocycles. The lowest BCUT2D eigenvalue weighted by atomic mass is 10.1. The van der Waals surface area contributed by atoms with Crippen LogP contribution in [0, 0.1) is 17.1 Å². The molecule has 2 aromatic rings. The number of ether oxygens (including phenoxy) is 1. The smallest absolute Gasteiger partial charge is 0.140 e. The third kappa shape index (κ3) is 4.42. The van der Waals surface area contributed by atoms with Crippen LogP contribution in [0.25, 0.3) is 0 Å². The Hall–Kier alpha value is -2.16. The molecule has 0 bridgehead atoms. The lowest BCUT2D eigenvalue weighted by Gasteiger charge is -2.05. The number of hydrogen-bond donors (Lipinski definition) is 1. The first kappa shape index (κ1) is 15.2. The molecule has 1 heterocycles. The second-order valence-corrected chi connectivity index (χ2v) is 4.79. The lowest BCUT2D eigenvalue weighted by Crippen LogP contribution is -2.18. The van der Waals surface area contributed by atoms with Crippen molar-refractivity contribution in [3.05, 3.63) is 59.2 Å². The van der Waals surface area contributed by atoms with E-state index in [9.17, 15) is 4.39 Å². The average molecular weight is 287 g/mol. The standard InChI is InChI=1S/C16H18FN3O/c1-21-7-5-19-10-14-4-6-20(12-14)11-13-2-3-16(17)15(8-13)9-18/h2-4,6,8,12,19H,5,7,10-11H2,1H3. The van der Waals surface area contributed by atoms with Gasteiger partial charge in [0.25, 0.3) is 0 Å². The van der Waals surface area contributed by atoms with Crippen molar-refractivity contribution in [3.8, 4) is 6.07 Å². The Morgan fingerprint density at radius 2 is 2.19 bits per heavy atom. The van der Waals surface area contributed by atoms with Crippen molar-refractivity contribution in [2.45, 2.75) is 13.1 Å². The van der Waals surface area contributed by atoms with Gasteiger partial charge in [0.15, 0.2) is 0 Å². The fourth-order valence-electron chi connectivity index (χ4n) is 2.07. The summed E-state index contributed by atoms with van der Waals surface area (Å²) in [6.45, 7) is 2.90. The van der Waals surface area contributed by atoms with Gasteiger partial charge < -0.3 is 14.6 Å². The van der Waals surface area contributed by atoms with Crippen LogP contribution in [-0.4, -0.2) is 24.8 Å². The average Bonchev–Trinajstić information content (AvgIpc) is 2.93. The second kappa shape index (κ2) is 7.58. The molecule has 0 fully saturated rings. The highest BCUT2D eigenvalue weighted by molar-refractivity contribution is 5.34. The Morgan fingerprint density at radius 3 is 2.95 bits per heavy atom. The van der Waals surface area contributed by atoms with Gasteiger partial charge in [-0.3, -0.25) is 0 Å². The summed E-state index contributed by atoms with van der Waals surface area (Å²) < 4.78 is 20.3. The molecule has 110 valence electrons. The lowest BCUT2D eigenvalue weighted by molar-refractivity contribution is 0.199. The van der Waals surface area contributed by atoms with Crippen LogP contribution in [0.1, 0.15) is 16.7 Å². The molecular weight excluding hydrogens is 269 g/mol. The van der Waals surface area contributed by atoms with Gasteiger partial charge in [0.2, 0.25) is 0 Å². The van der Waals surface area contributed by atoms with E-state index >= 15 is 0 Å². The molecule has 1 aromatic carbocycles. The van der Waals surface area contributed by atoms with E-state index in [0.29, 0.717) is 13.2 Å². The van der Waals surface area contributed by atoms with Crippen LogP contribution >= 0.6 is 0 Å². The number of hydrogen-bond acceptors (Lipinski definition) is 3. The van der Waals surface area contributed by atoms with E-state index in [-0.39, 0.29) is 5.56 Å². The molecule has 4 nitrogen and oxygen atoms in total. The largest absolute Gasteiger partial charge is 0.383 e. The summed E-state index contributed by atoms with van der Waals surface area (Å²) >= 11 is 0. The summed E-state index contributed by atoms with van der Waals surface area (Å²) in [4.78, 5) is 0. The summed E-state index contributed by atoms with van der Waals surface area (Å²) in [5.74, 6) is -0.475. The third-order valence-corrected chi connectivity index (χ3v) is 3.14. The fourth-order valence-corrected chi connectivity index (χ4v) is 2.07. The summed E-state index contributed by atoms with van der Waals surface area (Å²) in [7, 11) is 1.68. The predicted molar refractivity (Wildman–Crippen MR) is 78.2 cm³/mol. The van der Waals surface area contributed by atoms with Crippen molar-refractivity contribution < 1.29 is 9.13 Å². The van der Waals surface area contributed by atoms with Gasteiger partial charge in [0, 0.05) is 39.1 Å². The van der Waals surface area contributed by atoms with Gasteiger partial charge in [-0.2, -0.15) is 5.26 Å². The van der Waals surface area contributed by atoms with Gasteiger partial charge in [-0.05, 0) is 29.3 Å². The van der Waals surface area contributed by atoms with Gasteiger partial charge >= 0.3 is 0 Å². The zero-order valence-corrected chi connectivity index (χ0v) is 12.0. The molecule has 1 aromatic heterocycles. The zero-order valence-electron chi connectivity index (χ0n) is 12.0. The molecule has 1 N–H and O–H groups in total. The highest BCUT2D eigenvalue weighted by Crippen LogP contribution is 2.12. The van der Waals surface area contributed by atoms with Crippen LogP contribution in [0.5, 0.6) is 0 Å². The first-order chi connectivity index (χ1) is 10.2. The molecule has 0 aliphatic rings. The number of rotatable bonds is 7. The van der Waals surface area contributed by atoms with Crippen molar-refractivity contribution in [3.63, 3.8) is 0 Å². The molecule has 0 saturated heterocycles. The van der Waals surface area contributed by atoms with Gasteiger partial charge in [-0.25, -0.2) is 4.39 Å². The van der Waals surface area contributed by atoms with E-state index in [1.807, 2.05) is 29.1 Å². The maximum Gasteiger partial charge on any atom is 0.140 e. The molecule has 0 unspecified atom stereocenters. The highest BCUT2D eigenvalue weighted by Gasteiger charge is 2.04. The molecule has 5 heteroatoms. The third-order valence-electron chi connectivity index (χ3n) is 3.14. The summed E-state index contributed by atoms with van der Waals surface area (Å²) in [6, 6.07) is 8.52. The van der Waals surface area contributed by atoms with E-state index in [1.54, 1.807) is 19.2 Å². The van der Waals surface area contributed by atoms with E-state index in [0.717, 1.165) is 18.7 Å². The van der Waals surface area contributed by atoms with Gasteiger partial charge in [0.05, 0.1) is 12.2 Å². The monoisotopic (exact) mass is 287 g/mol. The normalized spacial score (nSPS) is 10.5. The van der Waals surface area contributed by atoms with E-state index in [4.69, 9.17) is 10.00 Å². The summed E-state index contributed by atoms with van der Waals surface area (Å²) in [5, 5.41) is 12.1. The van der Waals surface area contributed by atoms with Gasteiger partial charge in [0.1, 0.15) is 11.9 Å². The van der Waals surface area contributed by atoms with Crippen molar-refractivity contribution in [1.82, 2.24) is 9.88 Å². The SMILES string of the molecule is COCCNCc1ccn(Cc2ccc(F)c(C#N)c2)c1. The predicted octanol–water partition coefficient (Wildman–Crippen LogP) is 2.28. The number of halogens is 1. The number of nitriles is 1. The first-order valence-corrected chi connectivity index (χ1v) is 6.76. The second-order valence-electron chi connectivity index (χ2n) is 4.79. The molecule has 2 rings (SSSR count). The molecule has 0 atom stereocenters. The quantitative estimate of drug-likeness (QED) is 0.795. The maximum atomic E-state index is 13.3. The van der Waals surface area contributed by atoms with Crippen LogP contribution < -0.4 is 5.32 Å². The topological polar surface area (TPSA) is 50.0 Å². The van der Waals surface area contributed by atoms with Crippen LogP contribution in [0.4, 0.5) is 4.39 Å². The van der Waals surface area contributed by atoms with Crippen molar-refractivity contribution in [1.29, 1.82) is 5.26 Å². The van der Waals surface area contributed by atoms with Gasteiger partial charge in [-0.15, -0.1) is 0 Å². The molecule has 21 heavy (non-hydrogen) atoms. The van der Waals surface area contributed by atoms with Crippen molar-refractivity contribution >= 4 is 0 Å². The maximum absolute atomic E-state index is 13.3. The number of methoxy groups -OCH3 is 1. The van der Waals surface area contributed by atoms with E-state index in [2.05, 4.69) is 5.32 Å². The highest BCUT2D eigenvalue weighted by atomic mass is 19.1. The number of nitrogens with one attached hydrogen (secondary N) is 1. The van der Waals surface area contributed by atoms with Crippen LogP contribution in [-0.2, 0) is 17.8 Å². The minimum Gasteiger partial charge on any atom is -0.383 e. The molecule has 0 aliphatic carbocycles. The van der Waals surface area contributed by atoms with Crippen LogP contribution in [0.15, 0.2) is 36.7 Å². The van der Waals surface area contributed by atoms with Crippen molar-refractivity contribution in [2.75, 3.05) is 20.3 Å². The summed E-state index contributed by atoms with van der Waals surface area (Å²) in [6.07, 6.45) is 4.01. The van der Waals surface area contributed by atoms with Crippen molar-refractivity contribution in [2.24, 2.45) is 0 Å². The molecular formula is C16H18FN3O. The fraction of sp³-hybridized carbons (Fsp3) is 0.312. The first-order valence-electron chi connectivity index (χ1n) is 6.76.